The van der Waals surface area contributed by atoms with Crippen LogP contribution in [-0.2, 0) is 6.54 Å². The molecular weight excluding hydrogens is 282 g/mol. The molecule has 2 aromatic carbocycles. The number of pyridine rings is 1. The number of benzene rings is 2. The summed E-state index contributed by atoms with van der Waals surface area (Å²) < 4.78 is 2.26. The molecule has 0 unspecified atom stereocenters. The van der Waals surface area contributed by atoms with Gasteiger partial charge in [0, 0.05) is 17.5 Å². The van der Waals surface area contributed by atoms with Crippen LogP contribution >= 0.6 is 0 Å². The average Bonchev–Trinajstić information content (AvgIpc) is 2.58. The van der Waals surface area contributed by atoms with Gasteiger partial charge in [0.1, 0.15) is 0 Å². The molecular formula is C21H23NO. The van der Waals surface area contributed by atoms with E-state index in [1.807, 2.05) is 25.1 Å². The van der Waals surface area contributed by atoms with E-state index < -0.39 is 0 Å². The highest BCUT2D eigenvalue weighted by molar-refractivity contribution is 5.85. The lowest BCUT2D eigenvalue weighted by molar-refractivity contribution is 0.790. The molecule has 0 fully saturated rings. The quantitative estimate of drug-likeness (QED) is 0.658. The lowest BCUT2D eigenvalue weighted by Gasteiger charge is -2.19. The molecule has 0 spiro atoms. The van der Waals surface area contributed by atoms with E-state index in [4.69, 9.17) is 0 Å². The van der Waals surface area contributed by atoms with E-state index >= 15 is 0 Å². The lowest BCUT2D eigenvalue weighted by Crippen LogP contribution is -2.16. The van der Waals surface area contributed by atoms with Gasteiger partial charge >= 0.3 is 0 Å². The summed E-state index contributed by atoms with van der Waals surface area (Å²) in [5.41, 5.74) is 5.33. The minimum absolute atomic E-state index is 0.144. The minimum Gasteiger partial charge on any atom is -0.340 e. The van der Waals surface area contributed by atoms with Gasteiger partial charge in [-0.1, -0.05) is 50.2 Å². The van der Waals surface area contributed by atoms with Gasteiger partial charge in [0.05, 0.1) is 11.2 Å². The van der Waals surface area contributed by atoms with E-state index in [0.29, 0.717) is 5.92 Å². The molecule has 1 aromatic heterocycles. The molecule has 0 bridgehead atoms. The van der Waals surface area contributed by atoms with Crippen LogP contribution in [0.3, 0.4) is 0 Å². The van der Waals surface area contributed by atoms with Crippen molar-refractivity contribution in [2.75, 3.05) is 0 Å². The molecule has 2 nitrogen and oxygen atoms in total. The van der Waals surface area contributed by atoms with Gasteiger partial charge in [-0.2, -0.15) is 0 Å². The second kappa shape index (κ2) is 6.04. The molecule has 0 aliphatic rings. The van der Waals surface area contributed by atoms with E-state index in [2.05, 4.69) is 55.7 Å². The molecule has 0 saturated carbocycles. The van der Waals surface area contributed by atoms with Crippen molar-refractivity contribution >= 4 is 10.9 Å². The van der Waals surface area contributed by atoms with Gasteiger partial charge < -0.3 is 4.57 Å². The van der Waals surface area contributed by atoms with Gasteiger partial charge in [-0.3, -0.25) is 4.79 Å². The number of aryl methyl sites for hydroxylation is 1. The van der Waals surface area contributed by atoms with Crippen molar-refractivity contribution < 1.29 is 0 Å². The maximum atomic E-state index is 13.0. The Hall–Kier alpha value is -2.35. The molecule has 0 amide bonds. The topological polar surface area (TPSA) is 22.0 Å². The van der Waals surface area contributed by atoms with Crippen molar-refractivity contribution in [3.8, 4) is 11.3 Å². The highest BCUT2D eigenvalue weighted by atomic mass is 16.1. The van der Waals surface area contributed by atoms with Crippen LogP contribution < -0.4 is 5.43 Å². The van der Waals surface area contributed by atoms with Crippen molar-refractivity contribution in [3.63, 3.8) is 0 Å². The van der Waals surface area contributed by atoms with Crippen LogP contribution in [0.15, 0.2) is 53.3 Å². The van der Waals surface area contributed by atoms with E-state index in [1.165, 1.54) is 5.56 Å². The Kier molecular flexibility index (Phi) is 4.08. The van der Waals surface area contributed by atoms with E-state index in [-0.39, 0.29) is 5.43 Å². The van der Waals surface area contributed by atoms with Gasteiger partial charge in [-0.05, 0) is 43.0 Å². The lowest BCUT2D eigenvalue weighted by atomic mass is 9.98. The first-order valence-electron chi connectivity index (χ1n) is 8.27. The summed E-state index contributed by atoms with van der Waals surface area (Å²) in [6, 6.07) is 16.5. The molecule has 0 atom stereocenters. The molecule has 0 saturated heterocycles. The van der Waals surface area contributed by atoms with Gasteiger partial charge in [-0.15, -0.1) is 0 Å². The summed E-state index contributed by atoms with van der Waals surface area (Å²) in [6.07, 6.45) is 0. The van der Waals surface area contributed by atoms with Crippen molar-refractivity contribution in [1.29, 1.82) is 0 Å². The molecule has 0 radical (unpaired) electrons. The molecule has 1 heterocycles. The first-order valence-corrected chi connectivity index (χ1v) is 8.27. The van der Waals surface area contributed by atoms with E-state index in [9.17, 15) is 4.79 Å². The normalized spacial score (nSPS) is 11.3. The third kappa shape index (κ3) is 2.59. The molecule has 0 aliphatic heterocycles. The Labute approximate surface area is 137 Å². The number of aromatic nitrogens is 1. The maximum absolute atomic E-state index is 13.0. The highest BCUT2D eigenvalue weighted by Gasteiger charge is 2.15. The number of nitrogens with zero attached hydrogens (tertiary/aromatic N) is 1. The Balaban J connectivity index is 2.42. The molecule has 3 rings (SSSR count). The van der Waals surface area contributed by atoms with Crippen LogP contribution in [0.1, 0.15) is 37.8 Å². The standard InChI is InChI=1S/C21H23NO/c1-5-22-19-12-11-17(14(2)3)13-18(19)21(23)15(4)20(22)16-9-7-6-8-10-16/h6-14H,5H2,1-4H3. The largest absolute Gasteiger partial charge is 0.340 e. The Morgan fingerprint density at radius 2 is 1.74 bits per heavy atom. The zero-order valence-electron chi connectivity index (χ0n) is 14.3. The van der Waals surface area contributed by atoms with Crippen LogP contribution in [0, 0.1) is 6.92 Å². The van der Waals surface area contributed by atoms with Crippen molar-refractivity contribution in [3.05, 3.63) is 69.9 Å². The van der Waals surface area contributed by atoms with Gasteiger partial charge in [0.15, 0.2) is 5.43 Å². The van der Waals surface area contributed by atoms with Gasteiger partial charge in [0.25, 0.3) is 0 Å². The first-order chi connectivity index (χ1) is 11.0. The zero-order chi connectivity index (χ0) is 16.6. The fourth-order valence-electron chi connectivity index (χ4n) is 3.26. The molecule has 2 heteroatoms. The van der Waals surface area contributed by atoms with Gasteiger partial charge in [-0.25, -0.2) is 0 Å². The number of hydrogen-bond acceptors (Lipinski definition) is 1. The average molecular weight is 305 g/mol. The highest BCUT2D eigenvalue weighted by Crippen LogP contribution is 2.27. The molecule has 0 N–H and O–H groups in total. The minimum atomic E-state index is 0.144. The first kappa shape index (κ1) is 15.5. The van der Waals surface area contributed by atoms with Crippen LogP contribution in [0.5, 0.6) is 0 Å². The smallest absolute Gasteiger partial charge is 0.192 e. The summed E-state index contributed by atoms with van der Waals surface area (Å²) in [5.74, 6) is 0.419. The fourth-order valence-corrected chi connectivity index (χ4v) is 3.26. The van der Waals surface area contributed by atoms with Crippen LogP contribution in [0.2, 0.25) is 0 Å². The SMILES string of the molecule is CCn1c(-c2ccccc2)c(C)c(=O)c2cc(C(C)C)ccc21. The third-order valence-electron chi connectivity index (χ3n) is 4.55. The molecule has 3 aromatic rings. The molecule has 23 heavy (non-hydrogen) atoms. The third-order valence-corrected chi connectivity index (χ3v) is 4.55. The Bertz CT molecular complexity index is 905. The zero-order valence-corrected chi connectivity index (χ0v) is 14.3. The number of fused-ring (bicyclic) bond motifs is 1. The predicted octanol–water partition coefficient (Wildman–Crippen LogP) is 5.12. The number of rotatable bonds is 3. The van der Waals surface area contributed by atoms with Crippen LogP contribution in [0.4, 0.5) is 0 Å². The summed E-state index contributed by atoms with van der Waals surface area (Å²) in [6.45, 7) is 9.22. The second-order valence-electron chi connectivity index (χ2n) is 6.34. The van der Waals surface area contributed by atoms with E-state index in [1.54, 1.807) is 0 Å². The van der Waals surface area contributed by atoms with Gasteiger partial charge in [0.2, 0.25) is 0 Å². The van der Waals surface area contributed by atoms with E-state index in [0.717, 1.165) is 34.3 Å². The van der Waals surface area contributed by atoms with Crippen molar-refractivity contribution in [2.45, 2.75) is 40.2 Å². The van der Waals surface area contributed by atoms with Crippen molar-refractivity contribution in [1.82, 2.24) is 4.57 Å². The Morgan fingerprint density at radius 3 is 2.35 bits per heavy atom. The van der Waals surface area contributed by atoms with Crippen molar-refractivity contribution in [2.24, 2.45) is 0 Å². The van der Waals surface area contributed by atoms with Crippen LogP contribution in [-0.4, -0.2) is 4.57 Å². The summed E-state index contributed by atoms with van der Waals surface area (Å²) in [4.78, 5) is 13.0. The predicted molar refractivity (Wildman–Crippen MR) is 98.1 cm³/mol. The summed E-state index contributed by atoms with van der Waals surface area (Å²) >= 11 is 0. The number of hydrogen-bond donors (Lipinski definition) is 0. The van der Waals surface area contributed by atoms with Crippen LogP contribution in [0.25, 0.3) is 22.2 Å². The Morgan fingerprint density at radius 1 is 1.04 bits per heavy atom. The summed E-state index contributed by atoms with van der Waals surface area (Å²) in [5, 5.41) is 0.829. The molecule has 0 aliphatic carbocycles. The fraction of sp³-hybridized carbons (Fsp3) is 0.286. The summed E-state index contributed by atoms with van der Waals surface area (Å²) in [7, 11) is 0. The monoisotopic (exact) mass is 305 g/mol. The maximum Gasteiger partial charge on any atom is 0.192 e. The molecule has 118 valence electrons. The second-order valence-corrected chi connectivity index (χ2v) is 6.34.